The average molecular weight is 209 g/mol. The Kier molecular flexibility index (Phi) is 4.53. The van der Waals surface area contributed by atoms with Crippen LogP contribution in [-0.2, 0) is 4.79 Å². The quantitative estimate of drug-likeness (QED) is 0.740. The monoisotopic (exact) mass is 209 g/mol. The second-order valence-corrected chi connectivity index (χ2v) is 3.51. The first-order valence-corrected chi connectivity index (χ1v) is 4.90. The topological polar surface area (TPSA) is 75.1 Å². The molecule has 5 nitrogen and oxygen atoms in total. The van der Waals surface area contributed by atoms with Crippen LogP contribution in [0.3, 0.4) is 0 Å². The lowest BCUT2D eigenvalue weighted by atomic mass is 10.1. The Balaban J connectivity index is 2.22. The Labute approximate surface area is 88.6 Å². The van der Waals surface area contributed by atoms with E-state index in [-0.39, 0.29) is 6.42 Å². The van der Waals surface area contributed by atoms with Crippen LogP contribution in [0.15, 0.2) is 18.6 Å². The van der Waals surface area contributed by atoms with E-state index >= 15 is 0 Å². The summed E-state index contributed by atoms with van der Waals surface area (Å²) in [5.74, 6) is 0.282. The molecule has 15 heavy (non-hydrogen) atoms. The van der Waals surface area contributed by atoms with Crippen molar-refractivity contribution in [3.8, 4) is 0 Å². The van der Waals surface area contributed by atoms with Crippen LogP contribution in [0.5, 0.6) is 0 Å². The van der Waals surface area contributed by atoms with Crippen molar-refractivity contribution in [2.45, 2.75) is 19.8 Å². The molecule has 0 bridgehead atoms. The lowest BCUT2D eigenvalue weighted by Crippen LogP contribution is -2.13. The van der Waals surface area contributed by atoms with E-state index in [1.54, 1.807) is 18.6 Å². The van der Waals surface area contributed by atoms with Gasteiger partial charge in [-0.1, -0.05) is 6.92 Å². The minimum absolute atomic E-state index is 0.212. The molecule has 0 aliphatic rings. The summed E-state index contributed by atoms with van der Waals surface area (Å²) in [6, 6.07) is 0. The summed E-state index contributed by atoms with van der Waals surface area (Å²) in [6.07, 6.45) is 5.75. The molecule has 0 spiro atoms. The molecule has 5 heteroatoms. The number of hydrogen-bond acceptors (Lipinski definition) is 4. The Hall–Kier alpha value is -1.65. The maximum atomic E-state index is 10.3. The van der Waals surface area contributed by atoms with Gasteiger partial charge in [0.15, 0.2) is 0 Å². The molecule has 0 saturated heterocycles. The number of anilines is 1. The van der Waals surface area contributed by atoms with Crippen LogP contribution in [0, 0.1) is 5.92 Å². The van der Waals surface area contributed by atoms with Crippen LogP contribution >= 0.6 is 0 Å². The van der Waals surface area contributed by atoms with Crippen LogP contribution in [0.2, 0.25) is 0 Å². The van der Waals surface area contributed by atoms with E-state index in [2.05, 4.69) is 15.3 Å². The van der Waals surface area contributed by atoms with E-state index in [1.165, 1.54) is 0 Å². The number of hydrogen-bond donors (Lipinski definition) is 2. The summed E-state index contributed by atoms with van der Waals surface area (Å²) in [6.45, 7) is 2.72. The number of aliphatic carboxylic acids is 1. The van der Waals surface area contributed by atoms with Gasteiger partial charge in [-0.05, 0) is 12.3 Å². The summed E-state index contributed by atoms with van der Waals surface area (Å²) in [7, 11) is 0. The van der Waals surface area contributed by atoms with Gasteiger partial charge in [-0.15, -0.1) is 0 Å². The zero-order valence-electron chi connectivity index (χ0n) is 8.68. The maximum Gasteiger partial charge on any atom is 0.303 e. The third-order valence-electron chi connectivity index (χ3n) is 2.05. The number of carbonyl (C=O) groups is 1. The molecule has 0 saturated carbocycles. The highest BCUT2D eigenvalue weighted by Crippen LogP contribution is 2.07. The van der Waals surface area contributed by atoms with E-state index in [9.17, 15) is 4.79 Å². The third-order valence-corrected chi connectivity index (χ3v) is 2.05. The van der Waals surface area contributed by atoms with Crippen LogP contribution in [-0.4, -0.2) is 27.6 Å². The maximum absolute atomic E-state index is 10.3. The fraction of sp³-hybridized carbons (Fsp3) is 0.500. The van der Waals surface area contributed by atoms with Gasteiger partial charge in [0.05, 0.1) is 6.20 Å². The van der Waals surface area contributed by atoms with Crippen molar-refractivity contribution in [1.82, 2.24) is 9.97 Å². The molecule has 0 aliphatic heterocycles. The largest absolute Gasteiger partial charge is 0.481 e. The van der Waals surface area contributed by atoms with E-state index in [4.69, 9.17) is 5.11 Å². The first kappa shape index (κ1) is 11.4. The molecule has 0 aromatic carbocycles. The molecule has 1 heterocycles. The number of nitrogens with one attached hydrogen (secondary N) is 1. The van der Waals surface area contributed by atoms with Gasteiger partial charge in [-0.25, -0.2) is 4.98 Å². The van der Waals surface area contributed by atoms with E-state index in [0.29, 0.717) is 18.9 Å². The van der Waals surface area contributed by atoms with Crippen molar-refractivity contribution < 1.29 is 9.90 Å². The van der Waals surface area contributed by atoms with Gasteiger partial charge in [0.25, 0.3) is 0 Å². The first-order chi connectivity index (χ1) is 7.18. The summed E-state index contributed by atoms with van der Waals surface area (Å²) >= 11 is 0. The van der Waals surface area contributed by atoms with Gasteiger partial charge in [-0.2, -0.15) is 0 Å². The Morgan fingerprint density at radius 3 is 3.00 bits per heavy atom. The minimum atomic E-state index is -0.749. The SMILES string of the molecule is CC(CCC(=O)O)CNc1cnccn1. The molecule has 1 aromatic heterocycles. The smallest absolute Gasteiger partial charge is 0.303 e. The number of carboxylic acids is 1. The zero-order valence-corrected chi connectivity index (χ0v) is 8.68. The molecule has 0 aliphatic carbocycles. The molecule has 82 valence electrons. The van der Waals surface area contributed by atoms with Crippen molar-refractivity contribution in [2.75, 3.05) is 11.9 Å². The minimum Gasteiger partial charge on any atom is -0.481 e. The summed E-state index contributed by atoms with van der Waals surface area (Å²) < 4.78 is 0. The fourth-order valence-electron chi connectivity index (χ4n) is 1.14. The molecular weight excluding hydrogens is 194 g/mol. The lowest BCUT2D eigenvalue weighted by Gasteiger charge is -2.11. The van der Waals surface area contributed by atoms with Crippen molar-refractivity contribution >= 4 is 11.8 Å². The van der Waals surface area contributed by atoms with Crippen LogP contribution in [0.4, 0.5) is 5.82 Å². The Bertz CT molecular complexity index is 303. The molecule has 0 radical (unpaired) electrons. The molecule has 0 amide bonds. The predicted octanol–water partition coefficient (Wildman–Crippen LogP) is 1.39. The van der Waals surface area contributed by atoms with E-state index in [0.717, 1.165) is 5.82 Å². The Morgan fingerprint density at radius 1 is 1.60 bits per heavy atom. The molecule has 1 atom stereocenters. The summed E-state index contributed by atoms with van der Waals surface area (Å²) in [5, 5.41) is 11.6. The first-order valence-electron chi connectivity index (χ1n) is 4.90. The van der Waals surface area contributed by atoms with Gasteiger partial charge in [0.1, 0.15) is 5.82 Å². The molecule has 2 N–H and O–H groups in total. The number of carboxylic acid groups (broad SMARTS) is 1. The van der Waals surface area contributed by atoms with Crippen LogP contribution < -0.4 is 5.32 Å². The Morgan fingerprint density at radius 2 is 2.40 bits per heavy atom. The van der Waals surface area contributed by atoms with Gasteiger partial charge >= 0.3 is 5.97 Å². The van der Waals surface area contributed by atoms with Crippen LogP contribution in [0.1, 0.15) is 19.8 Å². The molecular formula is C10H15N3O2. The van der Waals surface area contributed by atoms with Crippen LogP contribution in [0.25, 0.3) is 0 Å². The molecule has 0 fully saturated rings. The molecule has 1 unspecified atom stereocenters. The van der Waals surface area contributed by atoms with E-state index < -0.39 is 5.97 Å². The standard InChI is InChI=1S/C10H15N3O2/c1-8(2-3-10(14)15)6-13-9-7-11-4-5-12-9/h4-5,7-8H,2-3,6H2,1H3,(H,12,13)(H,14,15). The molecule has 1 aromatic rings. The van der Waals surface area contributed by atoms with E-state index in [1.807, 2.05) is 6.92 Å². The van der Waals surface area contributed by atoms with Crippen molar-refractivity contribution in [3.05, 3.63) is 18.6 Å². The third kappa shape index (κ3) is 4.95. The average Bonchev–Trinajstić information content (AvgIpc) is 2.25. The van der Waals surface area contributed by atoms with Gasteiger partial charge in [0.2, 0.25) is 0 Å². The summed E-state index contributed by atoms with van der Waals surface area (Å²) in [4.78, 5) is 18.3. The normalized spacial score (nSPS) is 12.1. The highest BCUT2D eigenvalue weighted by atomic mass is 16.4. The number of rotatable bonds is 6. The highest BCUT2D eigenvalue weighted by molar-refractivity contribution is 5.66. The number of nitrogens with zero attached hydrogens (tertiary/aromatic N) is 2. The second kappa shape index (κ2) is 5.95. The number of aromatic nitrogens is 2. The second-order valence-electron chi connectivity index (χ2n) is 3.51. The van der Waals surface area contributed by atoms with Gasteiger partial charge in [0, 0.05) is 25.4 Å². The van der Waals surface area contributed by atoms with Crippen molar-refractivity contribution in [1.29, 1.82) is 0 Å². The van der Waals surface area contributed by atoms with Crippen molar-refractivity contribution in [3.63, 3.8) is 0 Å². The van der Waals surface area contributed by atoms with Gasteiger partial charge < -0.3 is 10.4 Å². The summed E-state index contributed by atoms with van der Waals surface area (Å²) in [5.41, 5.74) is 0. The van der Waals surface area contributed by atoms with Gasteiger partial charge in [-0.3, -0.25) is 9.78 Å². The predicted molar refractivity (Wildman–Crippen MR) is 56.6 cm³/mol. The van der Waals surface area contributed by atoms with Crippen molar-refractivity contribution in [2.24, 2.45) is 5.92 Å². The fourth-order valence-corrected chi connectivity index (χ4v) is 1.14. The highest BCUT2D eigenvalue weighted by Gasteiger charge is 2.05. The molecule has 1 rings (SSSR count). The lowest BCUT2D eigenvalue weighted by molar-refractivity contribution is -0.137. The zero-order chi connectivity index (χ0) is 11.1.